The third-order valence-electron chi connectivity index (χ3n) is 5.18. The summed E-state index contributed by atoms with van der Waals surface area (Å²) < 4.78 is 5.35. The highest BCUT2D eigenvalue weighted by molar-refractivity contribution is 5.94. The number of amides is 1. The lowest BCUT2D eigenvalue weighted by Gasteiger charge is -2.36. The second kappa shape index (κ2) is 9.30. The molecule has 1 aromatic rings. The Labute approximate surface area is 156 Å². The van der Waals surface area contributed by atoms with E-state index < -0.39 is 0 Å². The molecule has 0 spiro atoms. The molecule has 0 aromatic carbocycles. The maximum absolute atomic E-state index is 12.6. The number of carbonyl (C=O) groups excluding carboxylic acids is 1. The van der Waals surface area contributed by atoms with Crippen molar-refractivity contribution in [3.63, 3.8) is 0 Å². The average molecular weight is 361 g/mol. The summed E-state index contributed by atoms with van der Waals surface area (Å²) in [4.78, 5) is 23.8. The number of anilines is 1. The number of hydrogen-bond acceptors (Lipinski definition) is 6. The lowest BCUT2D eigenvalue weighted by molar-refractivity contribution is 0.0398. The van der Waals surface area contributed by atoms with E-state index in [9.17, 15) is 4.79 Å². The van der Waals surface area contributed by atoms with Gasteiger partial charge in [0, 0.05) is 64.6 Å². The standard InChI is InChI=1S/C19H31N5O2/c1-16(2)23-7-9-24(10-8-23)19(25)17-3-4-18(21-15-17)20-5-6-22-11-13-26-14-12-22/h3-4,15-16H,5-14H2,1-2H3,(H,20,21). The molecule has 0 bridgehead atoms. The molecule has 0 radical (unpaired) electrons. The van der Waals surface area contributed by atoms with Crippen molar-refractivity contribution in [3.05, 3.63) is 23.9 Å². The number of ether oxygens (including phenoxy) is 1. The number of nitrogens with zero attached hydrogens (tertiary/aromatic N) is 4. The number of pyridine rings is 1. The molecule has 0 saturated carbocycles. The zero-order valence-electron chi connectivity index (χ0n) is 16.0. The van der Waals surface area contributed by atoms with Crippen molar-refractivity contribution in [2.45, 2.75) is 19.9 Å². The van der Waals surface area contributed by atoms with Gasteiger partial charge in [-0.25, -0.2) is 4.98 Å². The minimum absolute atomic E-state index is 0.0840. The zero-order chi connectivity index (χ0) is 18.4. The van der Waals surface area contributed by atoms with E-state index in [4.69, 9.17) is 4.74 Å². The first-order valence-electron chi connectivity index (χ1n) is 9.67. The third kappa shape index (κ3) is 5.16. The van der Waals surface area contributed by atoms with Crippen LogP contribution in [0.3, 0.4) is 0 Å². The molecule has 2 fully saturated rings. The number of hydrogen-bond donors (Lipinski definition) is 1. The molecule has 1 aromatic heterocycles. The first-order chi connectivity index (χ1) is 12.6. The molecule has 26 heavy (non-hydrogen) atoms. The molecular formula is C19H31N5O2. The van der Waals surface area contributed by atoms with Crippen molar-refractivity contribution in [3.8, 4) is 0 Å². The van der Waals surface area contributed by atoms with Gasteiger partial charge in [-0.3, -0.25) is 14.6 Å². The van der Waals surface area contributed by atoms with Crippen LogP contribution in [0.15, 0.2) is 18.3 Å². The van der Waals surface area contributed by atoms with E-state index >= 15 is 0 Å². The second-order valence-electron chi connectivity index (χ2n) is 7.23. The van der Waals surface area contributed by atoms with Gasteiger partial charge in [0.2, 0.25) is 0 Å². The van der Waals surface area contributed by atoms with Gasteiger partial charge in [0.05, 0.1) is 18.8 Å². The summed E-state index contributed by atoms with van der Waals surface area (Å²) in [6, 6.07) is 4.31. The Kier molecular flexibility index (Phi) is 6.82. The Morgan fingerprint density at radius 2 is 1.88 bits per heavy atom. The van der Waals surface area contributed by atoms with Gasteiger partial charge in [-0.05, 0) is 26.0 Å². The van der Waals surface area contributed by atoms with Crippen molar-refractivity contribution in [1.29, 1.82) is 0 Å². The third-order valence-corrected chi connectivity index (χ3v) is 5.18. The summed E-state index contributed by atoms with van der Waals surface area (Å²) in [6.45, 7) is 13.3. The molecule has 1 N–H and O–H groups in total. The van der Waals surface area contributed by atoms with E-state index in [2.05, 4.69) is 33.9 Å². The maximum Gasteiger partial charge on any atom is 0.255 e. The summed E-state index contributed by atoms with van der Waals surface area (Å²) in [7, 11) is 0. The second-order valence-corrected chi connectivity index (χ2v) is 7.23. The SMILES string of the molecule is CC(C)N1CCN(C(=O)c2ccc(NCCN3CCOCC3)nc2)CC1. The highest BCUT2D eigenvalue weighted by atomic mass is 16.5. The number of aromatic nitrogens is 1. The van der Waals surface area contributed by atoms with Gasteiger partial charge in [-0.2, -0.15) is 0 Å². The Hall–Kier alpha value is -1.70. The fourth-order valence-electron chi connectivity index (χ4n) is 3.42. The molecule has 0 atom stereocenters. The van der Waals surface area contributed by atoms with E-state index in [0.717, 1.165) is 71.4 Å². The fraction of sp³-hybridized carbons (Fsp3) is 0.684. The highest BCUT2D eigenvalue weighted by Crippen LogP contribution is 2.12. The van der Waals surface area contributed by atoms with Gasteiger partial charge in [-0.15, -0.1) is 0 Å². The maximum atomic E-state index is 12.6. The minimum atomic E-state index is 0.0840. The van der Waals surface area contributed by atoms with Crippen molar-refractivity contribution in [1.82, 2.24) is 19.7 Å². The summed E-state index contributed by atoms with van der Waals surface area (Å²) in [5.74, 6) is 0.903. The Balaban J connectivity index is 1.44. The molecule has 1 amide bonds. The molecule has 144 valence electrons. The van der Waals surface area contributed by atoms with Gasteiger partial charge < -0.3 is 15.0 Å². The monoisotopic (exact) mass is 361 g/mol. The summed E-state index contributed by atoms with van der Waals surface area (Å²) >= 11 is 0. The first kappa shape index (κ1) is 19.1. The van der Waals surface area contributed by atoms with Gasteiger partial charge in [0.25, 0.3) is 5.91 Å². The van der Waals surface area contributed by atoms with Crippen LogP contribution in [0, 0.1) is 0 Å². The number of nitrogens with one attached hydrogen (secondary N) is 1. The molecule has 7 heteroatoms. The van der Waals surface area contributed by atoms with Gasteiger partial charge in [0.15, 0.2) is 0 Å². The summed E-state index contributed by atoms with van der Waals surface area (Å²) in [5, 5.41) is 3.33. The van der Waals surface area contributed by atoms with Crippen molar-refractivity contribution in [2.75, 3.05) is 70.9 Å². The quantitative estimate of drug-likeness (QED) is 0.815. The average Bonchev–Trinajstić information content (AvgIpc) is 2.69. The van der Waals surface area contributed by atoms with Crippen LogP contribution in [0.5, 0.6) is 0 Å². The highest BCUT2D eigenvalue weighted by Gasteiger charge is 2.23. The van der Waals surface area contributed by atoms with Crippen molar-refractivity contribution in [2.24, 2.45) is 0 Å². The largest absolute Gasteiger partial charge is 0.379 e. The number of carbonyl (C=O) groups is 1. The molecule has 2 aliphatic rings. The van der Waals surface area contributed by atoms with Crippen LogP contribution < -0.4 is 5.32 Å². The number of rotatable bonds is 6. The van der Waals surface area contributed by atoms with E-state index in [-0.39, 0.29) is 5.91 Å². The first-order valence-corrected chi connectivity index (χ1v) is 9.67. The fourth-order valence-corrected chi connectivity index (χ4v) is 3.42. The molecule has 0 unspecified atom stereocenters. The Bertz CT molecular complexity index is 564. The molecule has 3 heterocycles. The predicted octanol–water partition coefficient (Wildman–Crippen LogP) is 0.992. The van der Waals surface area contributed by atoms with Crippen LogP contribution in [0.25, 0.3) is 0 Å². The number of piperazine rings is 1. The van der Waals surface area contributed by atoms with E-state index in [0.29, 0.717) is 11.6 Å². The van der Waals surface area contributed by atoms with Gasteiger partial charge in [-0.1, -0.05) is 0 Å². The van der Waals surface area contributed by atoms with E-state index in [1.54, 1.807) is 6.20 Å². The van der Waals surface area contributed by atoms with Crippen molar-refractivity contribution >= 4 is 11.7 Å². The smallest absolute Gasteiger partial charge is 0.255 e. The summed E-state index contributed by atoms with van der Waals surface area (Å²) in [5.41, 5.74) is 0.668. The van der Waals surface area contributed by atoms with Crippen LogP contribution in [0.1, 0.15) is 24.2 Å². The van der Waals surface area contributed by atoms with Crippen LogP contribution in [-0.4, -0.2) is 97.2 Å². The Morgan fingerprint density at radius 3 is 2.50 bits per heavy atom. The molecule has 0 aliphatic carbocycles. The predicted molar refractivity (Wildman–Crippen MR) is 103 cm³/mol. The van der Waals surface area contributed by atoms with Crippen LogP contribution >= 0.6 is 0 Å². The Morgan fingerprint density at radius 1 is 1.15 bits per heavy atom. The van der Waals surface area contributed by atoms with Gasteiger partial charge in [0.1, 0.15) is 5.82 Å². The molecule has 2 saturated heterocycles. The normalized spacial score (nSPS) is 19.7. The lowest BCUT2D eigenvalue weighted by Crippen LogP contribution is -2.50. The van der Waals surface area contributed by atoms with E-state index in [1.807, 2.05) is 17.0 Å². The molecule has 2 aliphatic heterocycles. The molecule has 3 rings (SSSR count). The number of morpholine rings is 1. The van der Waals surface area contributed by atoms with Crippen molar-refractivity contribution < 1.29 is 9.53 Å². The lowest BCUT2D eigenvalue weighted by atomic mass is 10.2. The van der Waals surface area contributed by atoms with E-state index in [1.165, 1.54) is 0 Å². The molecular weight excluding hydrogens is 330 g/mol. The molecule has 7 nitrogen and oxygen atoms in total. The van der Waals surface area contributed by atoms with Crippen LogP contribution in [0.2, 0.25) is 0 Å². The van der Waals surface area contributed by atoms with Gasteiger partial charge >= 0.3 is 0 Å². The minimum Gasteiger partial charge on any atom is -0.379 e. The topological polar surface area (TPSA) is 60.9 Å². The summed E-state index contributed by atoms with van der Waals surface area (Å²) in [6.07, 6.45) is 1.69. The van der Waals surface area contributed by atoms with Crippen LogP contribution in [-0.2, 0) is 4.74 Å². The van der Waals surface area contributed by atoms with Crippen LogP contribution in [0.4, 0.5) is 5.82 Å². The zero-order valence-corrected chi connectivity index (χ0v) is 16.0.